The number of hydrogen-bond donors (Lipinski definition) is 0. The van der Waals surface area contributed by atoms with Gasteiger partial charge in [0.15, 0.2) is 0 Å². The van der Waals surface area contributed by atoms with Gasteiger partial charge in [-0.25, -0.2) is 0 Å². The van der Waals surface area contributed by atoms with Gasteiger partial charge in [0.05, 0.1) is 6.04 Å². The molecule has 0 aromatic heterocycles. The van der Waals surface area contributed by atoms with Crippen molar-refractivity contribution < 1.29 is 0 Å². The Labute approximate surface area is 226 Å². The van der Waals surface area contributed by atoms with E-state index in [4.69, 9.17) is 0 Å². The largest absolute Gasteiger partial charge is 0.334 e. The summed E-state index contributed by atoms with van der Waals surface area (Å²) in [6.07, 6.45) is 29.6. The number of anilines is 2. The van der Waals surface area contributed by atoms with Crippen molar-refractivity contribution in [2.24, 2.45) is 5.92 Å². The highest BCUT2D eigenvalue weighted by Gasteiger charge is 2.25. The molecule has 0 amide bonds. The third-order valence-electron chi connectivity index (χ3n) is 10.0. The quantitative estimate of drug-likeness (QED) is 0.387. The van der Waals surface area contributed by atoms with Crippen molar-refractivity contribution in [1.82, 2.24) is 0 Å². The van der Waals surface area contributed by atoms with Crippen LogP contribution >= 0.6 is 0 Å². The van der Waals surface area contributed by atoms with E-state index in [1.54, 1.807) is 16.7 Å². The Morgan fingerprint density at radius 2 is 0.919 bits per heavy atom. The van der Waals surface area contributed by atoms with Gasteiger partial charge in [0.1, 0.15) is 0 Å². The molecule has 2 aromatic rings. The van der Waals surface area contributed by atoms with Crippen LogP contribution in [0, 0.1) is 5.92 Å². The Morgan fingerprint density at radius 3 is 1.32 bits per heavy atom. The summed E-state index contributed by atoms with van der Waals surface area (Å²) in [6, 6.07) is 19.8. The fourth-order valence-corrected chi connectivity index (χ4v) is 7.77. The summed E-state index contributed by atoms with van der Waals surface area (Å²) in [7, 11) is 0. The van der Waals surface area contributed by atoms with Crippen LogP contribution in [0.4, 0.5) is 11.4 Å². The average Bonchev–Trinajstić information content (AvgIpc) is 3.00. The lowest BCUT2D eigenvalue weighted by Crippen LogP contribution is -2.30. The van der Waals surface area contributed by atoms with E-state index in [9.17, 15) is 0 Å². The van der Waals surface area contributed by atoms with Gasteiger partial charge in [0, 0.05) is 11.4 Å². The van der Waals surface area contributed by atoms with E-state index in [0.717, 1.165) is 24.2 Å². The van der Waals surface area contributed by atoms with Crippen molar-refractivity contribution >= 4 is 11.4 Å². The summed E-state index contributed by atoms with van der Waals surface area (Å²) in [6.45, 7) is 0. The summed E-state index contributed by atoms with van der Waals surface area (Å²) in [4.78, 5) is 2.61. The summed E-state index contributed by atoms with van der Waals surface area (Å²) >= 11 is 0. The number of rotatable bonds is 6. The van der Waals surface area contributed by atoms with Gasteiger partial charge in [0.2, 0.25) is 0 Å². The second-order valence-electron chi connectivity index (χ2n) is 12.4. The second kappa shape index (κ2) is 12.1. The third kappa shape index (κ3) is 5.92. The molecule has 0 spiro atoms. The van der Waals surface area contributed by atoms with E-state index in [2.05, 4.69) is 71.7 Å². The van der Waals surface area contributed by atoms with E-state index in [0.29, 0.717) is 6.04 Å². The van der Waals surface area contributed by atoms with Crippen LogP contribution in [0.15, 0.2) is 72.3 Å². The van der Waals surface area contributed by atoms with E-state index in [-0.39, 0.29) is 0 Å². The fraction of sp³-hybridized carbons (Fsp3) is 0.556. The van der Waals surface area contributed by atoms with Crippen molar-refractivity contribution in [3.05, 3.63) is 83.5 Å². The molecular formula is C36H47N. The predicted octanol–water partition coefficient (Wildman–Crippen LogP) is 10.8. The van der Waals surface area contributed by atoms with Gasteiger partial charge in [-0.05, 0) is 104 Å². The van der Waals surface area contributed by atoms with Gasteiger partial charge in [0.25, 0.3) is 0 Å². The molecule has 1 unspecified atom stereocenters. The van der Waals surface area contributed by atoms with E-state index in [1.165, 1.54) is 108 Å². The zero-order valence-corrected chi connectivity index (χ0v) is 22.9. The molecule has 196 valence electrons. The van der Waals surface area contributed by atoms with Crippen molar-refractivity contribution in [2.75, 3.05) is 4.90 Å². The highest BCUT2D eigenvalue weighted by molar-refractivity contribution is 5.66. The Bertz CT molecular complexity index is 979. The third-order valence-corrected chi connectivity index (χ3v) is 10.0. The highest BCUT2D eigenvalue weighted by Crippen LogP contribution is 2.39. The van der Waals surface area contributed by atoms with Crippen molar-refractivity contribution in [3.8, 4) is 0 Å². The first-order chi connectivity index (χ1) is 18.3. The minimum absolute atomic E-state index is 0.383. The van der Waals surface area contributed by atoms with Crippen LogP contribution in [0.3, 0.4) is 0 Å². The van der Waals surface area contributed by atoms with Crippen molar-refractivity contribution in [2.45, 2.75) is 121 Å². The molecule has 1 atom stereocenters. The lowest BCUT2D eigenvalue weighted by Gasteiger charge is -2.35. The van der Waals surface area contributed by atoms with Gasteiger partial charge in [-0.1, -0.05) is 100 Å². The molecule has 0 bridgehead atoms. The van der Waals surface area contributed by atoms with Crippen LogP contribution in [-0.4, -0.2) is 6.04 Å². The van der Waals surface area contributed by atoms with Crippen LogP contribution in [0.1, 0.15) is 126 Å². The highest BCUT2D eigenvalue weighted by atomic mass is 15.2. The van der Waals surface area contributed by atoms with Crippen LogP contribution in [0.25, 0.3) is 0 Å². The Hall–Kier alpha value is -2.28. The monoisotopic (exact) mass is 493 g/mol. The van der Waals surface area contributed by atoms with Gasteiger partial charge in [-0.15, -0.1) is 0 Å². The Kier molecular flexibility index (Phi) is 8.15. The summed E-state index contributed by atoms with van der Waals surface area (Å²) in [5, 5.41) is 0. The maximum atomic E-state index is 2.61. The minimum Gasteiger partial charge on any atom is -0.334 e. The molecule has 0 aliphatic heterocycles. The molecule has 2 aromatic carbocycles. The summed E-state index contributed by atoms with van der Waals surface area (Å²) < 4.78 is 0. The molecule has 0 radical (unpaired) electrons. The summed E-state index contributed by atoms with van der Waals surface area (Å²) in [5.41, 5.74) is 7.39. The molecule has 0 saturated heterocycles. The van der Waals surface area contributed by atoms with E-state index >= 15 is 0 Å². The maximum absolute atomic E-state index is 2.61. The first kappa shape index (κ1) is 25.0. The van der Waals surface area contributed by atoms with E-state index < -0.39 is 0 Å². The smallest absolute Gasteiger partial charge is 0.0560 e. The van der Waals surface area contributed by atoms with Crippen LogP contribution < -0.4 is 4.90 Å². The molecule has 0 heterocycles. The van der Waals surface area contributed by atoms with Gasteiger partial charge in [-0.2, -0.15) is 0 Å². The first-order valence-corrected chi connectivity index (χ1v) is 15.7. The second-order valence-corrected chi connectivity index (χ2v) is 12.4. The van der Waals surface area contributed by atoms with Gasteiger partial charge >= 0.3 is 0 Å². The zero-order valence-electron chi connectivity index (χ0n) is 22.9. The minimum atomic E-state index is 0.383. The molecule has 1 nitrogen and oxygen atoms in total. The molecule has 0 N–H and O–H groups in total. The lowest BCUT2D eigenvalue weighted by atomic mass is 9.81. The molecular weight excluding hydrogens is 446 g/mol. The van der Waals surface area contributed by atoms with Crippen LogP contribution in [-0.2, 0) is 0 Å². The molecule has 6 rings (SSSR count). The summed E-state index contributed by atoms with van der Waals surface area (Å²) in [5.74, 6) is 2.33. The van der Waals surface area contributed by atoms with Crippen molar-refractivity contribution in [1.29, 1.82) is 0 Å². The maximum Gasteiger partial charge on any atom is 0.0560 e. The molecule has 3 fully saturated rings. The van der Waals surface area contributed by atoms with Crippen molar-refractivity contribution in [3.63, 3.8) is 0 Å². The first-order valence-electron chi connectivity index (χ1n) is 15.7. The van der Waals surface area contributed by atoms with Crippen LogP contribution in [0.2, 0.25) is 0 Å². The Morgan fingerprint density at radius 1 is 0.486 bits per heavy atom. The molecule has 4 aliphatic rings. The Balaban J connectivity index is 1.25. The number of allylic oxidation sites excluding steroid dienone is 2. The van der Waals surface area contributed by atoms with Gasteiger partial charge < -0.3 is 4.90 Å². The number of hydrogen-bond acceptors (Lipinski definition) is 1. The molecule has 4 aliphatic carbocycles. The predicted molar refractivity (Wildman–Crippen MR) is 159 cm³/mol. The van der Waals surface area contributed by atoms with Gasteiger partial charge in [-0.3, -0.25) is 0 Å². The van der Waals surface area contributed by atoms with E-state index in [1.807, 2.05) is 0 Å². The molecule has 1 heteroatoms. The average molecular weight is 494 g/mol. The molecule has 3 saturated carbocycles. The fourth-order valence-electron chi connectivity index (χ4n) is 7.77. The standard InChI is InChI=1S/C36H47N/c1-4-10-28(11-5-1)31-16-22-34(23-17-31)37(35-24-18-32(19-25-35)29-12-6-2-7-13-29)36-26-20-33(21-27-36)30-14-8-3-9-15-30/h16-26,28-30,36H,1-15,27H2. The molecule has 37 heavy (non-hydrogen) atoms. The SMILES string of the molecule is C1=CC(N(c2ccc(C3CCCCC3)cc2)c2ccc(C3CCCCC3)cc2)CC=C1C1CCCCC1. The number of nitrogens with zero attached hydrogens (tertiary/aromatic N) is 1. The lowest BCUT2D eigenvalue weighted by molar-refractivity contribution is 0.406. The zero-order chi connectivity index (χ0) is 24.9. The normalized spacial score (nSPS) is 24.1. The topological polar surface area (TPSA) is 3.24 Å². The van der Waals surface area contributed by atoms with Crippen LogP contribution in [0.5, 0.6) is 0 Å². The number of benzene rings is 2.